The van der Waals surface area contributed by atoms with Gasteiger partial charge in [-0.2, -0.15) is 0 Å². The van der Waals surface area contributed by atoms with Crippen LogP contribution < -0.4 is 4.74 Å². The number of ether oxygens (including phenoxy) is 1. The average molecular weight is 403 g/mol. The number of aryl methyl sites for hydroxylation is 2. The molecular formula is C27H46O2. The van der Waals surface area contributed by atoms with Crippen molar-refractivity contribution in [3.8, 4) is 11.5 Å². The second kappa shape index (κ2) is 11.3. The highest BCUT2D eigenvalue weighted by Gasteiger charge is 2.31. The summed E-state index contributed by atoms with van der Waals surface area (Å²) in [5.41, 5.74) is 2.00. The van der Waals surface area contributed by atoms with Crippen LogP contribution in [-0.2, 0) is 6.42 Å². The average Bonchev–Trinajstić information content (AvgIpc) is 2.63. The van der Waals surface area contributed by atoms with Gasteiger partial charge in [-0.15, -0.1) is 0 Å². The molecule has 0 saturated heterocycles. The normalized spacial score (nSPS) is 20.9. The van der Waals surface area contributed by atoms with E-state index in [-0.39, 0.29) is 5.60 Å². The first-order chi connectivity index (χ1) is 13.7. The van der Waals surface area contributed by atoms with Crippen LogP contribution >= 0.6 is 0 Å². The van der Waals surface area contributed by atoms with Gasteiger partial charge in [-0.1, -0.05) is 72.6 Å². The number of aromatic hydroxyl groups is 1. The minimum atomic E-state index is -0.0545. The SMILES string of the molecule is Cc1cc2c(cc1O)CC[C@@](C)(CCCC(C)CCCC(C)CCCC(C)C)O2. The third-order valence-corrected chi connectivity index (χ3v) is 6.93. The van der Waals surface area contributed by atoms with Crippen LogP contribution in [0.2, 0.25) is 0 Å². The van der Waals surface area contributed by atoms with Crippen molar-refractivity contribution in [3.05, 3.63) is 23.3 Å². The van der Waals surface area contributed by atoms with Crippen molar-refractivity contribution in [1.29, 1.82) is 0 Å². The number of phenols is 1. The van der Waals surface area contributed by atoms with Gasteiger partial charge < -0.3 is 9.84 Å². The van der Waals surface area contributed by atoms with Crippen molar-refractivity contribution in [2.75, 3.05) is 0 Å². The molecule has 0 spiro atoms. The second-order valence-electron chi connectivity index (χ2n) is 10.7. The summed E-state index contributed by atoms with van der Waals surface area (Å²) < 4.78 is 6.39. The third kappa shape index (κ3) is 8.22. The van der Waals surface area contributed by atoms with E-state index in [2.05, 4.69) is 34.6 Å². The van der Waals surface area contributed by atoms with Crippen LogP contribution in [0.3, 0.4) is 0 Å². The van der Waals surface area contributed by atoms with Gasteiger partial charge in [-0.3, -0.25) is 0 Å². The quantitative estimate of drug-likeness (QED) is 0.381. The lowest BCUT2D eigenvalue weighted by Gasteiger charge is -2.36. The summed E-state index contributed by atoms with van der Waals surface area (Å²) in [6, 6.07) is 3.89. The Kier molecular flexibility index (Phi) is 9.37. The van der Waals surface area contributed by atoms with Gasteiger partial charge >= 0.3 is 0 Å². The Hall–Kier alpha value is -1.18. The molecule has 2 nitrogen and oxygen atoms in total. The molecule has 29 heavy (non-hydrogen) atoms. The van der Waals surface area contributed by atoms with Crippen molar-refractivity contribution in [2.24, 2.45) is 17.8 Å². The molecule has 0 bridgehead atoms. The molecule has 2 heteroatoms. The maximum atomic E-state index is 9.92. The Balaban J connectivity index is 1.64. The van der Waals surface area contributed by atoms with Gasteiger partial charge in [0.25, 0.3) is 0 Å². The van der Waals surface area contributed by atoms with Crippen molar-refractivity contribution in [1.82, 2.24) is 0 Å². The zero-order chi connectivity index (χ0) is 21.4. The van der Waals surface area contributed by atoms with E-state index in [1.54, 1.807) is 0 Å². The highest BCUT2D eigenvalue weighted by molar-refractivity contribution is 5.46. The Labute approximate surface area is 180 Å². The minimum Gasteiger partial charge on any atom is -0.508 e. The Morgan fingerprint density at radius 3 is 2.14 bits per heavy atom. The third-order valence-electron chi connectivity index (χ3n) is 6.93. The monoisotopic (exact) mass is 402 g/mol. The molecule has 0 saturated carbocycles. The standard InChI is InChI=1S/C27H46O2/c1-20(2)10-7-11-21(3)12-8-13-22(4)14-9-16-27(6)17-15-24-19-25(28)23(5)18-26(24)29-27/h18-22,28H,7-17H2,1-6H3/t21?,22?,27-/m1/s1. The summed E-state index contributed by atoms with van der Waals surface area (Å²) in [5.74, 6) is 3.92. The molecule has 1 N–H and O–H groups in total. The molecule has 3 atom stereocenters. The molecule has 0 radical (unpaired) electrons. The molecule has 166 valence electrons. The zero-order valence-corrected chi connectivity index (χ0v) is 20.0. The molecule has 2 rings (SSSR count). The fourth-order valence-electron chi connectivity index (χ4n) is 4.70. The minimum absolute atomic E-state index is 0.0545. The van der Waals surface area contributed by atoms with E-state index < -0.39 is 0 Å². The first-order valence-electron chi connectivity index (χ1n) is 12.2. The zero-order valence-electron chi connectivity index (χ0n) is 20.0. The molecule has 1 aromatic carbocycles. The number of benzene rings is 1. The number of fused-ring (bicyclic) bond motifs is 1. The van der Waals surface area contributed by atoms with Crippen LogP contribution in [0.4, 0.5) is 0 Å². The molecule has 2 unspecified atom stereocenters. The van der Waals surface area contributed by atoms with Crippen LogP contribution in [0.25, 0.3) is 0 Å². The largest absolute Gasteiger partial charge is 0.508 e. The van der Waals surface area contributed by atoms with Crippen molar-refractivity contribution in [2.45, 2.75) is 118 Å². The van der Waals surface area contributed by atoms with Gasteiger partial charge in [-0.25, -0.2) is 0 Å². The molecule has 1 aliphatic rings. The summed E-state index contributed by atoms with van der Waals surface area (Å²) in [6.45, 7) is 13.7. The molecule has 0 aromatic heterocycles. The first-order valence-corrected chi connectivity index (χ1v) is 12.2. The fourth-order valence-corrected chi connectivity index (χ4v) is 4.70. The smallest absolute Gasteiger partial charge is 0.123 e. The second-order valence-corrected chi connectivity index (χ2v) is 10.7. The predicted octanol–water partition coefficient (Wildman–Crippen LogP) is 8.22. The fraction of sp³-hybridized carbons (Fsp3) is 0.778. The lowest BCUT2D eigenvalue weighted by Crippen LogP contribution is -2.36. The van der Waals surface area contributed by atoms with E-state index in [0.29, 0.717) is 5.75 Å². The van der Waals surface area contributed by atoms with Crippen LogP contribution in [0.1, 0.15) is 110 Å². The van der Waals surface area contributed by atoms with Crippen molar-refractivity contribution < 1.29 is 9.84 Å². The lowest BCUT2D eigenvalue weighted by atomic mass is 9.86. The number of hydrogen-bond donors (Lipinski definition) is 1. The predicted molar refractivity (Wildman–Crippen MR) is 125 cm³/mol. The highest BCUT2D eigenvalue weighted by Crippen LogP contribution is 2.39. The number of phenolic OH excluding ortho intramolecular Hbond substituents is 1. The Bertz CT molecular complexity index is 621. The van der Waals surface area contributed by atoms with Crippen LogP contribution in [0.15, 0.2) is 12.1 Å². The van der Waals surface area contributed by atoms with E-state index in [1.807, 2.05) is 19.1 Å². The van der Waals surface area contributed by atoms with E-state index >= 15 is 0 Å². The van der Waals surface area contributed by atoms with Crippen molar-refractivity contribution in [3.63, 3.8) is 0 Å². The van der Waals surface area contributed by atoms with E-state index in [0.717, 1.165) is 53.9 Å². The summed E-state index contributed by atoms with van der Waals surface area (Å²) in [7, 11) is 0. The van der Waals surface area contributed by atoms with Crippen LogP contribution in [0.5, 0.6) is 11.5 Å². The first kappa shape index (κ1) is 24.1. The van der Waals surface area contributed by atoms with E-state index in [1.165, 1.54) is 51.4 Å². The van der Waals surface area contributed by atoms with Gasteiger partial charge in [0.15, 0.2) is 0 Å². The van der Waals surface area contributed by atoms with Gasteiger partial charge in [0.05, 0.1) is 0 Å². The molecule has 1 aliphatic heterocycles. The Morgan fingerprint density at radius 1 is 0.931 bits per heavy atom. The highest BCUT2D eigenvalue weighted by atomic mass is 16.5. The summed E-state index contributed by atoms with van der Waals surface area (Å²) >= 11 is 0. The molecule has 1 heterocycles. The van der Waals surface area contributed by atoms with Gasteiger partial charge in [0.1, 0.15) is 17.1 Å². The van der Waals surface area contributed by atoms with Crippen LogP contribution in [0, 0.1) is 24.7 Å². The molecule has 0 aliphatic carbocycles. The Morgan fingerprint density at radius 2 is 1.52 bits per heavy atom. The molecular weight excluding hydrogens is 356 g/mol. The maximum absolute atomic E-state index is 9.92. The summed E-state index contributed by atoms with van der Waals surface area (Å²) in [6.07, 6.45) is 14.1. The summed E-state index contributed by atoms with van der Waals surface area (Å²) in [4.78, 5) is 0. The molecule has 1 aromatic rings. The summed E-state index contributed by atoms with van der Waals surface area (Å²) in [5, 5.41) is 9.92. The van der Waals surface area contributed by atoms with Crippen molar-refractivity contribution >= 4 is 0 Å². The van der Waals surface area contributed by atoms with Gasteiger partial charge in [-0.05, 0) is 80.5 Å². The molecule has 0 fully saturated rings. The molecule has 0 amide bonds. The van der Waals surface area contributed by atoms with Crippen LogP contribution in [-0.4, -0.2) is 10.7 Å². The van der Waals surface area contributed by atoms with E-state index in [9.17, 15) is 5.11 Å². The topological polar surface area (TPSA) is 29.5 Å². The number of hydrogen-bond acceptors (Lipinski definition) is 2. The van der Waals surface area contributed by atoms with Gasteiger partial charge in [0, 0.05) is 0 Å². The maximum Gasteiger partial charge on any atom is 0.123 e. The lowest BCUT2D eigenvalue weighted by molar-refractivity contribution is 0.0522. The van der Waals surface area contributed by atoms with E-state index in [4.69, 9.17) is 4.74 Å². The van der Waals surface area contributed by atoms with Gasteiger partial charge in [0.2, 0.25) is 0 Å². The number of rotatable bonds is 12.